The van der Waals surface area contributed by atoms with Gasteiger partial charge in [-0.15, -0.1) is 0 Å². The van der Waals surface area contributed by atoms with E-state index in [0.717, 1.165) is 33.3 Å². The third-order valence-corrected chi connectivity index (χ3v) is 6.90. The molecule has 3 aromatic carbocycles. The third-order valence-electron chi connectivity index (χ3n) is 6.90. The lowest BCUT2D eigenvalue weighted by atomic mass is 9.78. The van der Waals surface area contributed by atoms with Gasteiger partial charge in [0.15, 0.2) is 5.78 Å². The summed E-state index contributed by atoms with van der Waals surface area (Å²) in [6, 6.07) is 25.9. The molecular weight excluding hydrogens is 408 g/mol. The lowest BCUT2D eigenvalue weighted by molar-refractivity contribution is -0.128. The number of ketones is 2. The Hall–Kier alpha value is -3.50. The number of benzene rings is 3. The predicted molar refractivity (Wildman–Crippen MR) is 131 cm³/mol. The molecule has 1 fully saturated rings. The van der Waals surface area contributed by atoms with E-state index in [-0.39, 0.29) is 29.8 Å². The fourth-order valence-electron chi connectivity index (χ4n) is 5.37. The maximum Gasteiger partial charge on any atom is 0.152 e. The first-order valence-electron chi connectivity index (χ1n) is 11.6. The summed E-state index contributed by atoms with van der Waals surface area (Å²) >= 11 is 0. The number of hydrogen-bond donors (Lipinski definition) is 2. The first-order chi connectivity index (χ1) is 16.1. The molecule has 3 N–H and O–H groups in total. The summed E-state index contributed by atoms with van der Waals surface area (Å²) in [7, 11) is 0. The van der Waals surface area contributed by atoms with Crippen molar-refractivity contribution in [2.45, 2.75) is 31.6 Å². The minimum absolute atomic E-state index is 0.00795. The molecule has 4 heteroatoms. The number of nitrogens with one attached hydrogen (secondary N) is 1. The van der Waals surface area contributed by atoms with Crippen LogP contribution in [0.15, 0.2) is 78.9 Å². The Morgan fingerprint density at radius 2 is 1.67 bits per heavy atom. The van der Waals surface area contributed by atoms with Gasteiger partial charge in [0.1, 0.15) is 5.78 Å². The van der Waals surface area contributed by atoms with Gasteiger partial charge >= 0.3 is 0 Å². The largest absolute Gasteiger partial charge is 0.358 e. The summed E-state index contributed by atoms with van der Waals surface area (Å²) in [5, 5.41) is 1.12. The fourth-order valence-corrected chi connectivity index (χ4v) is 5.37. The van der Waals surface area contributed by atoms with E-state index in [9.17, 15) is 9.59 Å². The van der Waals surface area contributed by atoms with E-state index in [1.54, 1.807) is 0 Å². The fraction of sp³-hybridized carbons (Fsp3) is 0.241. The number of aromatic amines is 1. The molecule has 1 heterocycles. The van der Waals surface area contributed by atoms with Gasteiger partial charge < -0.3 is 10.7 Å². The number of aryl methyl sites for hydroxylation is 1. The molecule has 0 aliphatic heterocycles. The van der Waals surface area contributed by atoms with Crippen LogP contribution in [0.4, 0.5) is 0 Å². The van der Waals surface area contributed by atoms with E-state index in [1.807, 2.05) is 60.7 Å². The van der Waals surface area contributed by atoms with Gasteiger partial charge in [0, 0.05) is 28.9 Å². The number of carbonyl (C=O) groups is 2. The zero-order valence-electron chi connectivity index (χ0n) is 18.8. The monoisotopic (exact) mass is 436 g/mol. The number of carbonyl (C=O) groups excluding carboxylic acids is 2. The van der Waals surface area contributed by atoms with Gasteiger partial charge in [-0.3, -0.25) is 9.59 Å². The molecule has 4 nitrogen and oxygen atoms in total. The van der Waals surface area contributed by atoms with Gasteiger partial charge in [-0.05, 0) is 48.7 Å². The maximum absolute atomic E-state index is 13.8. The van der Waals surface area contributed by atoms with Gasteiger partial charge in [0.25, 0.3) is 0 Å². The van der Waals surface area contributed by atoms with Crippen molar-refractivity contribution in [3.05, 3.63) is 107 Å². The van der Waals surface area contributed by atoms with E-state index in [2.05, 4.69) is 30.1 Å². The van der Waals surface area contributed by atoms with Crippen LogP contribution in [-0.2, 0) is 16.0 Å². The summed E-state index contributed by atoms with van der Waals surface area (Å²) in [5.41, 5.74) is 12.1. The molecule has 3 unspecified atom stereocenters. The van der Waals surface area contributed by atoms with Crippen LogP contribution in [0.25, 0.3) is 10.9 Å². The Morgan fingerprint density at radius 3 is 2.36 bits per heavy atom. The van der Waals surface area contributed by atoms with Crippen molar-refractivity contribution in [1.29, 1.82) is 0 Å². The Morgan fingerprint density at radius 1 is 0.970 bits per heavy atom. The predicted octanol–water partition coefficient (Wildman–Crippen LogP) is 5.05. The van der Waals surface area contributed by atoms with Crippen LogP contribution in [0, 0.1) is 12.8 Å². The number of nitrogens with two attached hydrogens (primary N) is 1. The molecule has 0 bridgehead atoms. The lowest BCUT2D eigenvalue weighted by Gasteiger charge is -2.23. The molecule has 33 heavy (non-hydrogen) atoms. The van der Waals surface area contributed by atoms with Gasteiger partial charge in [0.05, 0.1) is 11.8 Å². The van der Waals surface area contributed by atoms with Crippen molar-refractivity contribution < 1.29 is 9.59 Å². The maximum atomic E-state index is 13.8. The second-order valence-electron chi connectivity index (χ2n) is 9.01. The lowest BCUT2D eigenvalue weighted by Crippen LogP contribution is -2.26. The number of Topliss-reactive ketones (excluding diaryl/α,β-unsaturated/α-hetero) is 2. The molecular formula is C29H28N2O2. The highest BCUT2D eigenvalue weighted by Crippen LogP contribution is 2.45. The first-order valence-corrected chi connectivity index (χ1v) is 11.6. The Labute approximate surface area is 193 Å². The van der Waals surface area contributed by atoms with Crippen LogP contribution < -0.4 is 5.73 Å². The van der Waals surface area contributed by atoms with E-state index in [1.165, 1.54) is 5.56 Å². The average Bonchev–Trinajstić information content (AvgIpc) is 3.33. The van der Waals surface area contributed by atoms with Gasteiger partial charge in [0.2, 0.25) is 0 Å². The Balaban J connectivity index is 1.68. The average molecular weight is 437 g/mol. The van der Waals surface area contributed by atoms with Crippen molar-refractivity contribution in [2.24, 2.45) is 11.7 Å². The van der Waals surface area contributed by atoms with E-state index < -0.39 is 5.92 Å². The highest BCUT2D eigenvalue weighted by Gasteiger charge is 2.47. The summed E-state index contributed by atoms with van der Waals surface area (Å²) in [6.45, 7) is 2.57. The number of rotatable bonds is 6. The highest BCUT2D eigenvalue weighted by atomic mass is 16.2. The van der Waals surface area contributed by atoms with Crippen molar-refractivity contribution in [2.75, 3.05) is 6.54 Å². The molecule has 1 saturated carbocycles. The molecule has 5 rings (SSSR count). The number of H-pyrrole nitrogens is 1. The van der Waals surface area contributed by atoms with Crippen LogP contribution in [0.3, 0.4) is 0 Å². The second-order valence-corrected chi connectivity index (χ2v) is 9.01. The number of aromatic nitrogens is 1. The van der Waals surface area contributed by atoms with Gasteiger partial charge in [-0.1, -0.05) is 72.3 Å². The smallest absolute Gasteiger partial charge is 0.152 e. The van der Waals surface area contributed by atoms with Crippen LogP contribution >= 0.6 is 0 Å². The normalized spacial score (nSPS) is 19.3. The molecule has 0 saturated heterocycles. The van der Waals surface area contributed by atoms with E-state index >= 15 is 0 Å². The number of hydrogen-bond acceptors (Lipinski definition) is 3. The summed E-state index contributed by atoms with van der Waals surface area (Å²) < 4.78 is 0. The Bertz CT molecular complexity index is 1310. The van der Waals surface area contributed by atoms with E-state index in [0.29, 0.717) is 13.0 Å². The standard InChI is InChI=1S/C29H28N2O2/c1-18-12-13-24-23(16-18)21(14-15-30)28(31-24)26(20-10-6-3-7-11-20)27-25(32)17-22(29(27)33)19-8-4-2-5-9-19/h2-13,16,22,26-27,31H,14-15,17,30H2,1H3. The summed E-state index contributed by atoms with van der Waals surface area (Å²) in [4.78, 5) is 30.8. The molecule has 0 spiro atoms. The molecule has 1 aromatic heterocycles. The van der Waals surface area contributed by atoms with Crippen LogP contribution in [0.5, 0.6) is 0 Å². The number of fused-ring (bicyclic) bond motifs is 1. The highest BCUT2D eigenvalue weighted by molar-refractivity contribution is 6.13. The van der Waals surface area contributed by atoms with Crippen molar-refractivity contribution in [3.8, 4) is 0 Å². The van der Waals surface area contributed by atoms with Crippen molar-refractivity contribution in [1.82, 2.24) is 4.98 Å². The minimum Gasteiger partial charge on any atom is -0.358 e. The molecule has 3 atom stereocenters. The van der Waals surface area contributed by atoms with Crippen molar-refractivity contribution in [3.63, 3.8) is 0 Å². The minimum atomic E-state index is -0.719. The van der Waals surface area contributed by atoms with Gasteiger partial charge in [-0.25, -0.2) is 0 Å². The van der Waals surface area contributed by atoms with Crippen LogP contribution in [0.2, 0.25) is 0 Å². The zero-order chi connectivity index (χ0) is 22.9. The molecule has 0 radical (unpaired) electrons. The molecule has 1 aliphatic rings. The third kappa shape index (κ3) is 3.81. The van der Waals surface area contributed by atoms with Crippen molar-refractivity contribution >= 4 is 22.5 Å². The zero-order valence-corrected chi connectivity index (χ0v) is 18.8. The molecule has 166 valence electrons. The molecule has 4 aromatic rings. The van der Waals surface area contributed by atoms with Crippen LogP contribution in [0.1, 0.15) is 46.2 Å². The topological polar surface area (TPSA) is 76.0 Å². The summed E-state index contributed by atoms with van der Waals surface area (Å²) in [6.07, 6.45) is 0.932. The van der Waals surface area contributed by atoms with Gasteiger partial charge in [-0.2, -0.15) is 0 Å². The first kappa shape index (κ1) is 21.4. The Kier molecular flexibility index (Phi) is 5.69. The quantitative estimate of drug-likeness (QED) is 0.415. The van der Waals surface area contributed by atoms with Crippen LogP contribution in [-0.4, -0.2) is 23.1 Å². The summed E-state index contributed by atoms with van der Waals surface area (Å²) in [5.74, 6) is -1.46. The van der Waals surface area contributed by atoms with E-state index in [4.69, 9.17) is 5.73 Å². The second kappa shape index (κ2) is 8.80. The SMILES string of the molecule is Cc1ccc2[nH]c(C(c3ccccc3)C3C(=O)CC(c4ccccc4)C3=O)c(CCN)c2c1. The molecule has 0 amide bonds. The molecule has 1 aliphatic carbocycles.